The van der Waals surface area contributed by atoms with Crippen LogP contribution in [0.5, 0.6) is 0 Å². The highest BCUT2D eigenvalue weighted by Crippen LogP contribution is 2.39. The number of nitrogens with two attached hydrogens (primary N) is 1. The topological polar surface area (TPSA) is 52.3 Å². The van der Waals surface area contributed by atoms with Crippen LogP contribution in [-0.2, 0) is 4.74 Å². The van der Waals surface area contributed by atoms with Gasteiger partial charge in [0.2, 0.25) is 0 Å². The minimum Gasteiger partial charge on any atom is -0.462 e. The minimum atomic E-state index is -0.413. The van der Waals surface area contributed by atoms with E-state index in [2.05, 4.69) is 0 Å². The fraction of sp³-hybridized carbons (Fsp3) is 0.267. The molecule has 1 heterocycles. The van der Waals surface area contributed by atoms with Gasteiger partial charge in [-0.2, -0.15) is 0 Å². The Kier molecular flexibility index (Phi) is 4.09. The molecule has 2 rings (SSSR count). The average Bonchev–Trinajstić information content (AvgIpc) is 2.67. The number of hydrogen-bond acceptors (Lipinski definition) is 4. The van der Waals surface area contributed by atoms with Crippen molar-refractivity contribution in [2.45, 2.75) is 20.8 Å². The van der Waals surface area contributed by atoms with Gasteiger partial charge in [-0.3, -0.25) is 0 Å². The molecule has 0 unspecified atom stereocenters. The molecule has 20 heavy (non-hydrogen) atoms. The van der Waals surface area contributed by atoms with E-state index in [4.69, 9.17) is 10.5 Å². The highest BCUT2D eigenvalue weighted by Gasteiger charge is 2.21. The van der Waals surface area contributed by atoms with Gasteiger partial charge in [0.15, 0.2) is 0 Å². The highest BCUT2D eigenvalue weighted by molar-refractivity contribution is 7.18. The zero-order valence-electron chi connectivity index (χ0n) is 11.6. The van der Waals surface area contributed by atoms with Crippen LogP contribution in [0.4, 0.5) is 10.1 Å². The van der Waals surface area contributed by atoms with E-state index in [1.165, 1.54) is 23.5 Å². The molecule has 0 aliphatic rings. The van der Waals surface area contributed by atoms with Gasteiger partial charge < -0.3 is 10.5 Å². The van der Waals surface area contributed by atoms with Crippen LogP contribution >= 0.6 is 11.3 Å². The maximum absolute atomic E-state index is 13.2. The summed E-state index contributed by atoms with van der Waals surface area (Å²) in [4.78, 5) is 13.1. The van der Waals surface area contributed by atoms with Crippen molar-refractivity contribution in [2.75, 3.05) is 12.3 Å². The Hall–Kier alpha value is -1.88. The van der Waals surface area contributed by atoms with Gasteiger partial charge >= 0.3 is 5.97 Å². The molecule has 1 aromatic carbocycles. The second-order valence-corrected chi connectivity index (χ2v) is 5.50. The first-order valence-corrected chi connectivity index (χ1v) is 7.09. The van der Waals surface area contributed by atoms with Gasteiger partial charge in [-0.25, -0.2) is 9.18 Å². The van der Waals surface area contributed by atoms with E-state index in [-0.39, 0.29) is 5.82 Å². The lowest BCUT2D eigenvalue weighted by molar-refractivity contribution is 0.0533. The van der Waals surface area contributed by atoms with Crippen LogP contribution in [0.15, 0.2) is 18.2 Å². The van der Waals surface area contributed by atoms with Crippen molar-refractivity contribution in [3.8, 4) is 10.4 Å². The molecule has 1 aromatic heterocycles. The van der Waals surface area contributed by atoms with E-state index in [0.29, 0.717) is 17.2 Å². The molecule has 0 aliphatic carbocycles. The van der Waals surface area contributed by atoms with Crippen LogP contribution < -0.4 is 5.73 Å². The number of carbonyl (C=O) groups is 1. The predicted molar refractivity (Wildman–Crippen MR) is 79.6 cm³/mol. The van der Waals surface area contributed by atoms with E-state index in [0.717, 1.165) is 21.6 Å². The van der Waals surface area contributed by atoms with Crippen molar-refractivity contribution in [2.24, 2.45) is 0 Å². The van der Waals surface area contributed by atoms with E-state index >= 15 is 0 Å². The van der Waals surface area contributed by atoms with Gasteiger partial charge in [-0.05, 0) is 49.6 Å². The summed E-state index contributed by atoms with van der Waals surface area (Å²) in [6, 6.07) is 4.58. The molecule has 0 amide bonds. The summed E-state index contributed by atoms with van der Waals surface area (Å²) in [5.41, 5.74) is 8.95. The molecule has 0 radical (unpaired) electrons. The van der Waals surface area contributed by atoms with Gasteiger partial charge in [0.1, 0.15) is 10.7 Å². The number of ether oxygens (including phenoxy) is 1. The number of benzene rings is 1. The lowest BCUT2D eigenvalue weighted by atomic mass is 10.0. The Balaban J connectivity index is 2.53. The summed E-state index contributed by atoms with van der Waals surface area (Å²) >= 11 is 1.29. The molecule has 5 heteroatoms. The van der Waals surface area contributed by atoms with Gasteiger partial charge in [-0.15, -0.1) is 11.3 Å². The number of esters is 1. The van der Waals surface area contributed by atoms with E-state index < -0.39 is 5.97 Å². The minimum absolute atomic E-state index is 0.279. The lowest BCUT2D eigenvalue weighted by Gasteiger charge is -2.04. The SMILES string of the molecule is CCOC(=O)c1sc(-c2ccc(F)cc2C)c(C)c1N. The average molecular weight is 293 g/mol. The predicted octanol–water partition coefficient (Wildman–Crippen LogP) is 3.93. The standard InChI is InChI=1S/C15H16FNO2S/c1-4-19-15(18)14-12(17)9(3)13(20-14)11-6-5-10(16)7-8(11)2/h5-7H,4,17H2,1-3H3. The van der Waals surface area contributed by atoms with Crippen molar-refractivity contribution < 1.29 is 13.9 Å². The fourth-order valence-electron chi connectivity index (χ4n) is 2.01. The quantitative estimate of drug-likeness (QED) is 0.872. The zero-order chi connectivity index (χ0) is 14.9. The number of aryl methyl sites for hydroxylation is 1. The van der Waals surface area contributed by atoms with Gasteiger partial charge in [0.05, 0.1) is 12.3 Å². The van der Waals surface area contributed by atoms with E-state index in [1.807, 2.05) is 13.8 Å². The summed E-state index contributed by atoms with van der Waals surface area (Å²) in [5, 5.41) is 0. The molecule has 106 valence electrons. The summed E-state index contributed by atoms with van der Waals surface area (Å²) in [5.74, 6) is -0.692. The summed E-state index contributed by atoms with van der Waals surface area (Å²) in [6.07, 6.45) is 0. The summed E-state index contributed by atoms with van der Waals surface area (Å²) in [7, 11) is 0. The maximum Gasteiger partial charge on any atom is 0.350 e. The number of carbonyl (C=O) groups excluding carboxylic acids is 1. The Labute approximate surface area is 121 Å². The first-order valence-electron chi connectivity index (χ1n) is 6.28. The molecule has 0 saturated heterocycles. The van der Waals surface area contributed by atoms with E-state index in [9.17, 15) is 9.18 Å². The van der Waals surface area contributed by atoms with Crippen molar-refractivity contribution >= 4 is 23.0 Å². The van der Waals surface area contributed by atoms with E-state index in [1.54, 1.807) is 13.0 Å². The lowest BCUT2D eigenvalue weighted by Crippen LogP contribution is -2.05. The Morgan fingerprint density at radius 2 is 2.10 bits per heavy atom. The normalized spacial score (nSPS) is 10.6. The third-order valence-electron chi connectivity index (χ3n) is 3.09. The van der Waals surface area contributed by atoms with Crippen LogP contribution in [0, 0.1) is 19.7 Å². The molecule has 3 nitrogen and oxygen atoms in total. The monoisotopic (exact) mass is 293 g/mol. The second-order valence-electron chi connectivity index (χ2n) is 4.48. The second kappa shape index (κ2) is 5.63. The molecule has 0 fully saturated rings. The van der Waals surface area contributed by atoms with Gasteiger partial charge in [-0.1, -0.05) is 6.07 Å². The van der Waals surface area contributed by atoms with Crippen LogP contribution in [0.1, 0.15) is 27.7 Å². The number of thiophene rings is 1. The Morgan fingerprint density at radius 3 is 2.70 bits per heavy atom. The first-order chi connectivity index (χ1) is 9.45. The largest absolute Gasteiger partial charge is 0.462 e. The van der Waals surface area contributed by atoms with Gasteiger partial charge in [0, 0.05) is 4.88 Å². The Bertz CT molecular complexity index is 664. The van der Waals surface area contributed by atoms with Crippen molar-refractivity contribution in [1.29, 1.82) is 0 Å². The van der Waals surface area contributed by atoms with Crippen LogP contribution in [0.3, 0.4) is 0 Å². The summed E-state index contributed by atoms with van der Waals surface area (Å²) in [6.45, 7) is 5.74. The zero-order valence-corrected chi connectivity index (χ0v) is 12.4. The number of halogens is 1. The van der Waals surface area contributed by atoms with Crippen molar-refractivity contribution in [1.82, 2.24) is 0 Å². The van der Waals surface area contributed by atoms with Crippen LogP contribution in [-0.4, -0.2) is 12.6 Å². The molecule has 0 spiro atoms. The summed E-state index contributed by atoms with van der Waals surface area (Å²) < 4.78 is 18.2. The molecular weight excluding hydrogens is 277 g/mol. The molecule has 2 aromatic rings. The van der Waals surface area contributed by atoms with Crippen molar-refractivity contribution in [3.63, 3.8) is 0 Å². The number of anilines is 1. The highest BCUT2D eigenvalue weighted by atomic mass is 32.1. The third kappa shape index (κ3) is 2.54. The molecule has 0 saturated carbocycles. The molecule has 2 N–H and O–H groups in total. The van der Waals surface area contributed by atoms with Crippen molar-refractivity contribution in [3.05, 3.63) is 40.0 Å². The molecule has 0 aliphatic heterocycles. The van der Waals surface area contributed by atoms with Crippen LogP contribution in [0.2, 0.25) is 0 Å². The molecule has 0 atom stereocenters. The molecular formula is C15H16FNO2S. The smallest absolute Gasteiger partial charge is 0.350 e. The first kappa shape index (κ1) is 14.5. The Morgan fingerprint density at radius 1 is 1.40 bits per heavy atom. The third-order valence-corrected chi connectivity index (χ3v) is 4.41. The van der Waals surface area contributed by atoms with Crippen LogP contribution in [0.25, 0.3) is 10.4 Å². The molecule has 0 bridgehead atoms. The maximum atomic E-state index is 13.2. The fourth-order valence-corrected chi connectivity index (χ4v) is 3.22. The van der Waals surface area contributed by atoms with Gasteiger partial charge in [0.25, 0.3) is 0 Å². The number of rotatable bonds is 3. The number of nitrogen functional groups attached to an aromatic ring is 1. The number of hydrogen-bond donors (Lipinski definition) is 1.